The molecule has 0 saturated heterocycles. The Morgan fingerprint density at radius 3 is 2.08 bits per heavy atom. The van der Waals surface area contributed by atoms with E-state index in [1.54, 1.807) is 12.1 Å². The Hall–Kier alpha value is 0.776. The zero-order valence-corrected chi connectivity index (χ0v) is 7.17. The Labute approximate surface area is 125 Å². The molecule has 1 rings (SSSR count). The predicted molar refractivity (Wildman–Crippen MR) is 43.6 cm³/mol. The predicted octanol–water partition coefficient (Wildman–Crippen LogP) is 0.172. The molecule has 0 aliphatic carbocycles. The number of aromatic hydroxyl groups is 1. The number of hydrogen-bond donors (Lipinski definition) is 2. The third-order valence-electron chi connectivity index (χ3n) is 1.13. The molecule has 0 aromatic heterocycles. The van der Waals surface area contributed by atoms with E-state index in [9.17, 15) is 4.79 Å². The van der Waals surface area contributed by atoms with Crippen molar-refractivity contribution in [2.24, 2.45) is 0 Å². The molecule has 0 bridgehead atoms. The average molecular weight is 325 g/mol. The van der Waals surface area contributed by atoms with Gasteiger partial charge < -0.3 is 10.2 Å². The van der Waals surface area contributed by atoms with E-state index < -0.39 is 5.97 Å². The first-order valence-corrected chi connectivity index (χ1v) is 2.73. The van der Waals surface area contributed by atoms with Crippen molar-refractivity contribution in [2.45, 2.75) is 0 Å². The van der Waals surface area contributed by atoms with Gasteiger partial charge in [-0.15, -0.1) is 0 Å². The van der Waals surface area contributed by atoms with Crippen molar-refractivity contribution in [1.29, 1.82) is 0 Å². The number of aromatic carboxylic acids is 1. The van der Waals surface area contributed by atoms with Gasteiger partial charge in [-0.05, 0) is 12.1 Å². The first-order chi connectivity index (χ1) is 4.72. The van der Waals surface area contributed by atoms with E-state index >= 15 is 0 Å². The molecule has 0 saturated carbocycles. The third-order valence-corrected chi connectivity index (χ3v) is 1.13. The molecular formula is C7H8BaO3Ti. The summed E-state index contributed by atoms with van der Waals surface area (Å²) in [6, 6.07) is 5.81. The van der Waals surface area contributed by atoms with Crippen LogP contribution in [0.15, 0.2) is 24.3 Å². The standard InChI is InChI=1S/C7H6O3.Ba.Ti.2H/c8-6-4-2-1-3-5(6)7(9)10;;;;/h1-4,8H,(H,9,10);;;;. The molecule has 60 valence electrons. The number of hydrogen-bond acceptors (Lipinski definition) is 2. The molecule has 0 amide bonds. The minimum Gasteiger partial charge on any atom is 0 e. The summed E-state index contributed by atoms with van der Waals surface area (Å²) in [5.74, 6) is -1.31. The van der Waals surface area contributed by atoms with E-state index in [0.717, 1.165) is 0 Å². The summed E-state index contributed by atoms with van der Waals surface area (Å²) in [6.45, 7) is 0. The van der Waals surface area contributed by atoms with E-state index in [1.165, 1.54) is 12.1 Å². The fourth-order valence-electron chi connectivity index (χ4n) is 0.654. The number of phenols is 1. The van der Waals surface area contributed by atoms with Crippen LogP contribution >= 0.6 is 0 Å². The second-order valence-corrected chi connectivity index (χ2v) is 1.82. The Kier molecular flexibility index (Phi) is 9.16. The van der Waals surface area contributed by atoms with Gasteiger partial charge in [0.2, 0.25) is 0 Å². The molecule has 0 aliphatic heterocycles. The maximum atomic E-state index is 10.3. The van der Waals surface area contributed by atoms with E-state index in [-0.39, 0.29) is 81.9 Å². The molecule has 12 heavy (non-hydrogen) atoms. The van der Waals surface area contributed by atoms with Crippen molar-refractivity contribution in [3.05, 3.63) is 29.8 Å². The number of benzene rings is 1. The van der Waals surface area contributed by atoms with Crippen LogP contribution in [-0.4, -0.2) is 65.1 Å². The maximum absolute atomic E-state index is 10.3. The van der Waals surface area contributed by atoms with Crippen LogP contribution in [0.1, 0.15) is 10.4 Å². The molecule has 0 unspecified atom stereocenters. The largest absolute Gasteiger partial charge is 0 e. The van der Waals surface area contributed by atoms with Crippen molar-refractivity contribution in [1.82, 2.24) is 0 Å². The molecule has 1 aromatic rings. The molecule has 1 aromatic carbocycles. The second kappa shape index (κ2) is 7.21. The fraction of sp³-hybridized carbons (Fsp3) is 0. The van der Waals surface area contributed by atoms with Crippen LogP contribution in [0.25, 0.3) is 0 Å². The molecule has 0 heterocycles. The van der Waals surface area contributed by atoms with Crippen LogP contribution in [0.5, 0.6) is 5.75 Å². The summed E-state index contributed by atoms with van der Waals surface area (Å²) in [7, 11) is 0. The summed E-state index contributed by atoms with van der Waals surface area (Å²) in [5, 5.41) is 17.3. The van der Waals surface area contributed by atoms with Crippen molar-refractivity contribution in [2.75, 3.05) is 0 Å². The van der Waals surface area contributed by atoms with Gasteiger partial charge in [-0.3, -0.25) is 0 Å². The topological polar surface area (TPSA) is 57.5 Å². The van der Waals surface area contributed by atoms with Crippen LogP contribution in [-0.2, 0) is 21.7 Å². The van der Waals surface area contributed by atoms with E-state index in [0.29, 0.717) is 0 Å². The van der Waals surface area contributed by atoms with Gasteiger partial charge in [0.25, 0.3) is 0 Å². The van der Waals surface area contributed by atoms with Crippen molar-refractivity contribution >= 4 is 54.9 Å². The minimum atomic E-state index is -1.11. The van der Waals surface area contributed by atoms with Gasteiger partial charge in [0, 0.05) is 21.7 Å². The first kappa shape index (κ1) is 15.3. The first-order valence-electron chi connectivity index (χ1n) is 2.73. The Morgan fingerprint density at radius 2 is 1.75 bits per heavy atom. The number of rotatable bonds is 1. The van der Waals surface area contributed by atoms with Gasteiger partial charge in [0.1, 0.15) is 11.3 Å². The smallest absolute Gasteiger partial charge is 0 e. The van der Waals surface area contributed by atoms with Gasteiger partial charge in [-0.25, -0.2) is 4.79 Å². The van der Waals surface area contributed by atoms with Crippen LogP contribution in [0.4, 0.5) is 0 Å². The molecule has 2 N–H and O–H groups in total. The quantitative estimate of drug-likeness (QED) is 0.724. The monoisotopic (exact) mass is 326 g/mol. The molecule has 0 spiro atoms. The molecule has 0 aliphatic rings. The van der Waals surface area contributed by atoms with Crippen molar-refractivity contribution in [3.8, 4) is 5.75 Å². The molecular weight excluding hydrogens is 317 g/mol. The number of carboxylic acid groups (broad SMARTS) is 1. The molecule has 3 nitrogen and oxygen atoms in total. The molecule has 0 fully saturated rings. The minimum absolute atomic E-state index is 0. The Morgan fingerprint density at radius 1 is 1.25 bits per heavy atom. The summed E-state index contributed by atoms with van der Waals surface area (Å²) in [4.78, 5) is 10.3. The van der Waals surface area contributed by atoms with Gasteiger partial charge >= 0.3 is 54.9 Å². The van der Waals surface area contributed by atoms with Gasteiger partial charge in [-0.2, -0.15) is 0 Å². The second-order valence-electron chi connectivity index (χ2n) is 1.82. The number of para-hydroxylation sites is 1. The third kappa shape index (κ3) is 4.14. The Bertz CT molecular complexity index is 265. The van der Waals surface area contributed by atoms with Crippen LogP contribution in [0.3, 0.4) is 0 Å². The summed E-state index contributed by atoms with van der Waals surface area (Å²) in [6.07, 6.45) is 0. The van der Waals surface area contributed by atoms with E-state index in [1.807, 2.05) is 0 Å². The van der Waals surface area contributed by atoms with Crippen LogP contribution in [0, 0.1) is 0 Å². The molecule has 0 radical (unpaired) electrons. The van der Waals surface area contributed by atoms with Gasteiger partial charge in [0.05, 0.1) is 0 Å². The number of carbonyl (C=O) groups is 1. The maximum Gasteiger partial charge on any atom is 0 e. The SMILES string of the molecule is O=C(O)c1ccccc1O.[BaH2].[Ti]. The number of carboxylic acids is 1. The molecule has 5 heteroatoms. The summed E-state index contributed by atoms with van der Waals surface area (Å²) in [5.41, 5.74) is -0.0671. The van der Waals surface area contributed by atoms with E-state index in [2.05, 4.69) is 0 Å². The zero-order chi connectivity index (χ0) is 7.56. The van der Waals surface area contributed by atoms with Crippen molar-refractivity contribution < 1.29 is 36.7 Å². The Balaban J connectivity index is 0. The molecule has 0 atom stereocenters. The van der Waals surface area contributed by atoms with Gasteiger partial charge in [-0.1, -0.05) is 12.1 Å². The summed E-state index contributed by atoms with van der Waals surface area (Å²) < 4.78 is 0. The fourth-order valence-corrected chi connectivity index (χ4v) is 0.654. The average Bonchev–Trinajstić information content (AvgIpc) is 1.88. The van der Waals surface area contributed by atoms with Crippen LogP contribution in [0.2, 0.25) is 0 Å². The van der Waals surface area contributed by atoms with Gasteiger partial charge in [0.15, 0.2) is 0 Å². The zero-order valence-electron chi connectivity index (χ0n) is 5.61. The normalized spacial score (nSPS) is 7.67. The summed E-state index contributed by atoms with van der Waals surface area (Å²) >= 11 is 0. The van der Waals surface area contributed by atoms with E-state index in [4.69, 9.17) is 10.2 Å². The van der Waals surface area contributed by atoms with Crippen molar-refractivity contribution in [3.63, 3.8) is 0 Å². The van der Waals surface area contributed by atoms with Crippen LogP contribution < -0.4 is 0 Å².